The Morgan fingerprint density at radius 1 is 1.43 bits per heavy atom. The Kier molecular flexibility index (Phi) is 2.53. The third-order valence-electron chi connectivity index (χ3n) is 1.90. The molecule has 1 radical (unpaired) electrons. The normalized spacial score (nSPS) is 18.7. The largest absolute Gasteiger partial charge is 0.486 e. The number of hydrogen-bond donors (Lipinski definition) is 0. The van der Waals surface area contributed by atoms with E-state index >= 15 is 0 Å². The van der Waals surface area contributed by atoms with E-state index in [4.69, 9.17) is 9.47 Å². The van der Waals surface area contributed by atoms with Crippen LogP contribution in [0, 0.1) is 0 Å². The fourth-order valence-corrected chi connectivity index (χ4v) is 1.27. The quantitative estimate of drug-likeness (QED) is 0.715. The highest BCUT2D eigenvalue weighted by molar-refractivity contribution is 5.41. The average Bonchev–Trinajstić information content (AvgIpc) is 2.26. The van der Waals surface area contributed by atoms with Crippen molar-refractivity contribution in [2.24, 2.45) is 0 Å². The first-order chi connectivity index (χ1) is 6.90. The molecule has 0 aliphatic carbocycles. The first-order valence-electron chi connectivity index (χ1n) is 4.27. The first kappa shape index (κ1) is 8.87. The summed E-state index contributed by atoms with van der Waals surface area (Å²) in [5.74, 6) is 1.40. The fourth-order valence-electron chi connectivity index (χ4n) is 1.27. The van der Waals surface area contributed by atoms with Crippen molar-refractivity contribution in [1.82, 2.24) is 0 Å². The van der Waals surface area contributed by atoms with Gasteiger partial charge < -0.3 is 14.2 Å². The lowest BCUT2D eigenvalue weighted by atomic mass is 10.3. The van der Waals surface area contributed by atoms with Crippen LogP contribution in [0.4, 0.5) is 0 Å². The first-order valence-corrected chi connectivity index (χ1v) is 4.27. The lowest BCUT2D eigenvalue weighted by molar-refractivity contribution is 0.0487. The summed E-state index contributed by atoms with van der Waals surface area (Å²) in [6, 6.07) is 7.37. The number of rotatable bonds is 3. The van der Waals surface area contributed by atoms with Gasteiger partial charge in [0.15, 0.2) is 17.6 Å². The van der Waals surface area contributed by atoms with Crippen LogP contribution in [0.15, 0.2) is 24.3 Å². The molecule has 4 nitrogen and oxygen atoms in total. The third kappa shape index (κ3) is 1.79. The summed E-state index contributed by atoms with van der Waals surface area (Å²) in [6.07, 6.45) is -0.244. The molecule has 1 unspecified atom stereocenters. The monoisotopic (exact) mass is 193 g/mol. The molecular formula is C10H9O4. The zero-order valence-corrected chi connectivity index (χ0v) is 7.43. The molecule has 1 heterocycles. The molecule has 14 heavy (non-hydrogen) atoms. The van der Waals surface area contributed by atoms with Crippen molar-refractivity contribution in [3.8, 4) is 11.5 Å². The van der Waals surface area contributed by atoms with Crippen molar-refractivity contribution >= 4 is 6.47 Å². The summed E-state index contributed by atoms with van der Waals surface area (Å²) >= 11 is 0. The Bertz CT molecular complexity index is 324. The molecule has 0 amide bonds. The number of hydrogen-bond acceptors (Lipinski definition) is 4. The Morgan fingerprint density at radius 2 is 2.21 bits per heavy atom. The van der Waals surface area contributed by atoms with Crippen LogP contribution in [0.2, 0.25) is 0 Å². The molecule has 0 N–H and O–H groups in total. The molecule has 1 atom stereocenters. The summed E-state index contributed by atoms with van der Waals surface area (Å²) in [5.41, 5.74) is 0. The van der Waals surface area contributed by atoms with Crippen LogP contribution >= 0.6 is 0 Å². The highest BCUT2D eigenvalue weighted by atomic mass is 16.6. The van der Waals surface area contributed by atoms with Crippen LogP contribution in [-0.2, 0) is 9.53 Å². The van der Waals surface area contributed by atoms with Crippen molar-refractivity contribution < 1.29 is 19.0 Å². The van der Waals surface area contributed by atoms with Crippen molar-refractivity contribution in [3.05, 3.63) is 24.3 Å². The lowest BCUT2D eigenvalue weighted by Crippen LogP contribution is -2.33. The van der Waals surface area contributed by atoms with Crippen LogP contribution in [-0.4, -0.2) is 25.8 Å². The number of carbonyl (C=O) groups excluding carboxylic acids is 1. The van der Waals surface area contributed by atoms with Crippen LogP contribution in [0.5, 0.6) is 11.5 Å². The topological polar surface area (TPSA) is 44.8 Å². The maximum Gasteiger partial charge on any atom is 0.417 e. The van der Waals surface area contributed by atoms with Gasteiger partial charge in [0.05, 0.1) is 0 Å². The van der Waals surface area contributed by atoms with Gasteiger partial charge in [-0.15, -0.1) is 0 Å². The molecule has 2 rings (SSSR count). The van der Waals surface area contributed by atoms with E-state index in [1.807, 2.05) is 24.3 Å². The third-order valence-corrected chi connectivity index (χ3v) is 1.90. The number of ether oxygens (including phenoxy) is 3. The van der Waals surface area contributed by atoms with Crippen molar-refractivity contribution in [2.75, 3.05) is 13.2 Å². The van der Waals surface area contributed by atoms with E-state index in [1.54, 1.807) is 0 Å². The van der Waals surface area contributed by atoms with E-state index in [2.05, 4.69) is 4.74 Å². The van der Waals surface area contributed by atoms with E-state index in [-0.39, 0.29) is 12.7 Å². The zero-order chi connectivity index (χ0) is 9.80. The molecule has 0 saturated heterocycles. The fraction of sp³-hybridized carbons (Fsp3) is 0.300. The molecule has 1 aromatic rings. The summed E-state index contributed by atoms with van der Waals surface area (Å²) in [6.45, 7) is 1.91. The van der Waals surface area contributed by atoms with Gasteiger partial charge in [-0.3, -0.25) is 0 Å². The van der Waals surface area contributed by atoms with Gasteiger partial charge in [0.1, 0.15) is 13.2 Å². The Hall–Kier alpha value is -1.71. The molecule has 0 spiro atoms. The second-order valence-corrected chi connectivity index (χ2v) is 2.89. The average molecular weight is 193 g/mol. The predicted octanol–water partition coefficient (Wildman–Crippen LogP) is 0.910. The molecule has 0 bridgehead atoms. The molecule has 0 saturated carbocycles. The highest BCUT2D eigenvalue weighted by Crippen LogP contribution is 2.30. The second-order valence-electron chi connectivity index (χ2n) is 2.89. The summed E-state index contributed by atoms with van der Waals surface area (Å²) in [7, 11) is 0. The molecule has 1 aromatic carbocycles. The van der Waals surface area contributed by atoms with E-state index in [0.29, 0.717) is 12.4 Å². The van der Waals surface area contributed by atoms with Crippen LogP contribution in [0.25, 0.3) is 0 Å². The molecule has 73 valence electrons. The smallest absolute Gasteiger partial charge is 0.417 e. The molecule has 0 aromatic heterocycles. The van der Waals surface area contributed by atoms with E-state index < -0.39 is 0 Å². The van der Waals surface area contributed by atoms with Crippen LogP contribution < -0.4 is 9.47 Å². The minimum Gasteiger partial charge on any atom is -0.486 e. The van der Waals surface area contributed by atoms with Crippen molar-refractivity contribution in [1.29, 1.82) is 0 Å². The lowest BCUT2D eigenvalue weighted by Gasteiger charge is -2.25. The maximum atomic E-state index is 9.85. The van der Waals surface area contributed by atoms with Crippen LogP contribution in [0.1, 0.15) is 0 Å². The van der Waals surface area contributed by atoms with Gasteiger partial charge in [0.2, 0.25) is 0 Å². The number of para-hydroxylation sites is 2. The Morgan fingerprint density at radius 3 is 3.00 bits per heavy atom. The zero-order valence-electron chi connectivity index (χ0n) is 7.43. The minimum absolute atomic E-state index is 0.165. The predicted molar refractivity (Wildman–Crippen MR) is 48.0 cm³/mol. The van der Waals surface area contributed by atoms with E-state index in [1.165, 1.54) is 6.47 Å². The SMILES string of the molecule is O=[C]OCC1COc2ccccc2O1. The van der Waals surface area contributed by atoms with Gasteiger partial charge in [-0.05, 0) is 12.1 Å². The van der Waals surface area contributed by atoms with E-state index in [9.17, 15) is 4.79 Å². The molecule has 0 fully saturated rings. The van der Waals surface area contributed by atoms with Gasteiger partial charge >= 0.3 is 6.47 Å². The maximum absolute atomic E-state index is 9.85. The standard InChI is InChI=1S/C10H9O4/c11-7-12-5-8-6-13-9-3-1-2-4-10(9)14-8/h1-4,8H,5-6H2. The molecule has 4 heteroatoms. The Labute approximate surface area is 81.4 Å². The van der Waals surface area contributed by atoms with Gasteiger partial charge in [0.25, 0.3) is 0 Å². The van der Waals surface area contributed by atoms with E-state index in [0.717, 1.165) is 5.75 Å². The minimum atomic E-state index is -0.244. The van der Waals surface area contributed by atoms with Crippen molar-refractivity contribution in [3.63, 3.8) is 0 Å². The van der Waals surface area contributed by atoms with Gasteiger partial charge in [-0.2, -0.15) is 0 Å². The number of fused-ring (bicyclic) bond motifs is 1. The molecule has 1 aliphatic heterocycles. The Balaban J connectivity index is 2.02. The van der Waals surface area contributed by atoms with Crippen LogP contribution in [0.3, 0.4) is 0 Å². The summed E-state index contributed by atoms with van der Waals surface area (Å²) in [5, 5.41) is 0. The summed E-state index contributed by atoms with van der Waals surface area (Å²) in [4.78, 5) is 9.85. The number of benzene rings is 1. The van der Waals surface area contributed by atoms with Crippen molar-refractivity contribution in [2.45, 2.75) is 6.10 Å². The molecular weight excluding hydrogens is 184 g/mol. The van der Waals surface area contributed by atoms with Gasteiger partial charge in [-0.1, -0.05) is 12.1 Å². The molecule has 1 aliphatic rings. The van der Waals surface area contributed by atoms with Gasteiger partial charge in [-0.25, -0.2) is 4.79 Å². The summed E-state index contributed by atoms with van der Waals surface area (Å²) < 4.78 is 15.4. The second kappa shape index (κ2) is 4.00. The van der Waals surface area contributed by atoms with Gasteiger partial charge in [0, 0.05) is 0 Å². The highest BCUT2D eigenvalue weighted by Gasteiger charge is 2.20.